The molecule has 1 heterocycles. The van der Waals surface area contributed by atoms with Crippen LogP contribution < -0.4 is 5.73 Å². The maximum Gasteiger partial charge on any atom is 0.142 e. The van der Waals surface area contributed by atoms with Crippen molar-refractivity contribution in [1.29, 1.82) is 0 Å². The number of anilines is 1. The third-order valence-electron chi connectivity index (χ3n) is 2.09. The van der Waals surface area contributed by atoms with Gasteiger partial charge in [-0.05, 0) is 31.2 Å². The van der Waals surface area contributed by atoms with Crippen LogP contribution in [0.25, 0.3) is 0 Å². The van der Waals surface area contributed by atoms with Crippen molar-refractivity contribution in [2.75, 3.05) is 5.73 Å². The number of aryl methyl sites for hydroxylation is 1. The molecule has 1 aromatic heterocycles. The standard InChI is InChI=1S/C12H10F2N2S/c1-7-3-2-4-11(16-7)17-12-9(13)5-8(15)6-10(12)14/h2-6H,15H2,1H3. The van der Waals surface area contributed by atoms with Gasteiger partial charge in [0.15, 0.2) is 0 Å². The molecule has 88 valence electrons. The minimum absolute atomic E-state index is 0.0709. The highest BCUT2D eigenvalue weighted by Crippen LogP contribution is 2.32. The van der Waals surface area contributed by atoms with Crippen molar-refractivity contribution in [2.45, 2.75) is 16.8 Å². The Labute approximate surface area is 102 Å². The van der Waals surface area contributed by atoms with Gasteiger partial charge in [-0.25, -0.2) is 13.8 Å². The second kappa shape index (κ2) is 4.71. The van der Waals surface area contributed by atoms with Crippen LogP contribution in [0.15, 0.2) is 40.3 Å². The van der Waals surface area contributed by atoms with E-state index in [4.69, 9.17) is 5.73 Å². The Morgan fingerprint density at radius 3 is 2.41 bits per heavy atom. The topological polar surface area (TPSA) is 38.9 Å². The number of rotatable bonds is 2. The summed E-state index contributed by atoms with van der Waals surface area (Å²) >= 11 is 0.947. The summed E-state index contributed by atoms with van der Waals surface area (Å²) in [6.45, 7) is 1.82. The summed E-state index contributed by atoms with van der Waals surface area (Å²) in [5, 5.41) is 0.549. The van der Waals surface area contributed by atoms with E-state index < -0.39 is 11.6 Å². The predicted molar refractivity (Wildman–Crippen MR) is 63.9 cm³/mol. The van der Waals surface area contributed by atoms with E-state index in [1.54, 1.807) is 12.1 Å². The van der Waals surface area contributed by atoms with Crippen LogP contribution in [0.4, 0.5) is 14.5 Å². The first kappa shape index (κ1) is 11.9. The van der Waals surface area contributed by atoms with Gasteiger partial charge >= 0.3 is 0 Å². The fourth-order valence-electron chi connectivity index (χ4n) is 1.36. The molecule has 0 aliphatic carbocycles. The normalized spacial score (nSPS) is 10.5. The zero-order valence-corrected chi connectivity index (χ0v) is 9.89. The van der Waals surface area contributed by atoms with Crippen molar-refractivity contribution >= 4 is 17.4 Å². The Balaban J connectivity index is 2.36. The summed E-state index contributed by atoms with van der Waals surface area (Å²) in [5.74, 6) is -1.34. The van der Waals surface area contributed by atoms with Gasteiger partial charge in [0, 0.05) is 11.4 Å². The van der Waals surface area contributed by atoms with Gasteiger partial charge in [-0.15, -0.1) is 0 Å². The first-order valence-corrected chi connectivity index (χ1v) is 5.74. The zero-order chi connectivity index (χ0) is 12.4. The van der Waals surface area contributed by atoms with E-state index in [1.807, 2.05) is 13.0 Å². The first-order chi connectivity index (χ1) is 8.06. The number of benzene rings is 1. The summed E-state index contributed by atoms with van der Waals surface area (Å²) in [4.78, 5) is 4.09. The van der Waals surface area contributed by atoms with E-state index in [0.717, 1.165) is 29.6 Å². The van der Waals surface area contributed by atoms with Crippen molar-refractivity contribution in [3.63, 3.8) is 0 Å². The Bertz CT molecular complexity index is 535. The third kappa shape index (κ3) is 2.74. The number of nitrogens with two attached hydrogens (primary N) is 1. The second-order valence-electron chi connectivity index (χ2n) is 3.53. The van der Waals surface area contributed by atoms with Crippen molar-refractivity contribution < 1.29 is 8.78 Å². The molecule has 17 heavy (non-hydrogen) atoms. The summed E-state index contributed by atoms with van der Waals surface area (Å²) in [6.07, 6.45) is 0. The van der Waals surface area contributed by atoms with Crippen LogP contribution in [0.5, 0.6) is 0 Å². The molecule has 0 unspecified atom stereocenters. The third-order valence-corrected chi connectivity index (χ3v) is 3.12. The van der Waals surface area contributed by atoms with E-state index >= 15 is 0 Å². The summed E-state index contributed by atoms with van der Waals surface area (Å²) in [7, 11) is 0. The lowest BCUT2D eigenvalue weighted by molar-refractivity contribution is 0.541. The number of nitrogen functional groups attached to an aromatic ring is 1. The number of nitrogens with zero attached hydrogens (tertiary/aromatic N) is 1. The molecule has 5 heteroatoms. The SMILES string of the molecule is Cc1cccc(Sc2c(F)cc(N)cc2F)n1. The molecule has 0 aliphatic rings. The molecule has 2 rings (SSSR count). The van der Waals surface area contributed by atoms with Crippen molar-refractivity contribution in [1.82, 2.24) is 4.98 Å². The highest BCUT2D eigenvalue weighted by Gasteiger charge is 2.12. The molecule has 0 fully saturated rings. The summed E-state index contributed by atoms with van der Waals surface area (Å²) in [5.41, 5.74) is 6.21. The van der Waals surface area contributed by atoms with Gasteiger partial charge in [-0.3, -0.25) is 0 Å². The molecular weight excluding hydrogens is 242 g/mol. The van der Waals surface area contributed by atoms with Gasteiger partial charge in [0.1, 0.15) is 16.7 Å². The lowest BCUT2D eigenvalue weighted by Crippen LogP contribution is -1.93. The Kier molecular flexibility index (Phi) is 3.28. The fourth-order valence-corrected chi connectivity index (χ4v) is 2.21. The van der Waals surface area contributed by atoms with E-state index in [0.29, 0.717) is 5.03 Å². The molecule has 0 aliphatic heterocycles. The molecule has 0 amide bonds. The number of hydrogen-bond acceptors (Lipinski definition) is 3. The monoisotopic (exact) mass is 252 g/mol. The van der Waals surface area contributed by atoms with E-state index in [-0.39, 0.29) is 10.6 Å². The van der Waals surface area contributed by atoms with Crippen LogP contribution in [0, 0.1) is 18.6 Å². The predicted octanol–water partition coefficient (Wildman–Crippen LogP) is 3.40. The lowest BCUT2D eigenvalue weighted by atomic mass is 10.3. The van der Waals surface area contributed by atoms with Crippen LogP contribution in [-0.2, 0) is 0 Å². The molecule has 0 spiro atoms. The quantitative estimate of drug-likeness (QED) is 0.832. The van der Waals surface area contributed by atoms with E-state index in [1.165, 1.54) is 0 Å². The minimum atomic E-state index is -0.671. The molecule has 0 saturated carbocycles. The second-order valence-corrected chi connectivity index (χ2v) is 4.56. The smallest absolute Gasteiger partial charge is 0.142 e. The van der Waals surface area contributed by atoms with Crippen LogP contribution in [0.1, 0.15) is 5.69 Å². The van der Waals surface area contributed by atoms with E-state index in [2.05, 4.69) is 4.98 Å². The maximum atomic E-state index is 13.5. The van der Waals surface area contributed by atoms with Crippen LogP contribution in [-0.4, -0.2) is 4.98 Å². The van der Waals surface area contributed by atoms with Gasteiger partial charge in [0.05, 0.1) is 4.90 Å². The van der Waals surface area contributed by atoms with Crippen molar-refractivity contribution in [3.05, 3.63) is 47.7 Å². The zero-order valence-electron chi connectivity index (χ0n) is 9.08. The molecule has 2 N–H and O–H groups in total. The number of aromatic nitrogens is 1. The first-order valence-electron chi connectivity index (χ1n) is 4.92. The van der Waals surface area contributed by atoms with Crippen LogP contribution in [0.3, 0.4) is 0 Å². The Morgan fingerprint density at radius 1 is 1.18 bits per heavy atom. The number of halogens is 2. The van der Waals surface area contributed by atoms with Crippen molar-refractivity contribution in [2.24, 2.45) is 0 Å². The average molecular weight is 252 g/mol. The average Bonchev–Trinajstić information content (AvgIpc) is 2.23. The van der Waals surface area contributed by atoms with Crippen LogP contribution in [0.2, 0.25) is 0 Å². The molecule has 0 saturated heterocycles. The molecule has 2 aromatic rings. The van der Waals surface area contributed by atoms with Crippen LogP contribution >= 0.6 is 11.8 Å². The number of hydrogen-bond donors (Lipinski definition) is 1. The molecule has 0 atom stereocenters. The molecule has 0 radical (unpaired) electrons. The Hall–Kier alpha value is -1.62. The van der Waals surface area contributed by atoms with Gasteiger partial charge in [0.25, 0.3) is 0 Å². The van der Waals surface area contributed by atoms with E-state index in [9.17, 15) is 8.78 Å². The largest absolute Gasteiger partial charge is 0.399 e. The molecular formula is C12H10F2N2S. The molecule has 2 nitrogen and oxygen atoms in total. The van der Waals surface area contributed by atoms with Gasteiger partial charge < -0.3 is 5.73 Å². The van der Waals surface area contributed by atoms with Crippen molar-refractivity contribution in [3.8, 4) is 0 Å². The summed E-state index contributed by atoms with van der Waals surface area (Å²) in [6, 6.07) is 7.51. The highest BCUT2D eigenvalue weighted by molar-refractivity contribution is 7.99. The molecule has 0 bridgehead atoms. The summed E-state index contributed by atoms with van der Waals surface area (Å²) < 4.78 is 27.1. The minimum Gasteiger partial charge on any atom is -0.399 e. The number of pyridine rings is 1. The Morgan fingerprint density at radius 2 is 1.82 bits per heavy atom. The van der Waals surface area contributed by atoms with Gasteiger partial charge in [0.2, 0.25) is 0 Å². The maximum absolute atomic E-state index is 13.5. The van der Waals surface area contributed by atoms with Gasteiger partial charge in [-0.1, -0.05) is 17.8 Å². The lowest BCUT2D eigenvalue weighted by Gasteiger charge is -2.05. The fraction of sp³-hybridized carbons (Fsp3) is 0.0833. The highest BCUT2D eigenvalue weighted by atomic mass is 32.2. The molecule has 1 aromatic carbocycles. The van der Waals surface area contributed by atoms with Gasteiger partial charge in [-0.2, -0.15) is 0 Å².